The van der Waals surface area contributed by atoms with Gasteiger partial charge in [0.2, 0.25) is 0 Å². The zero-order valence-corrected chi connectivity index (χ0v) is 18.1. The molecule has 6 heteroatoms. The maximum Gasteiger partial charge on any atom is 2.00 e. The minimum atomic E-state index is -2.09. The van der Waals surface area contributed by atoms with E-state index in [0.717, 1.165) is 11.1 Å². The first-order valence-electron chi connectivity index (χ1n) is 5.83. The molecule has 0 heterocycles. The van der Waals surface area contributed by atoms with Gasteiger partial charge in [0.25, 0.3) is 0 Å². The molecule has 21 heavy (non-hydrogen) atoms. The zero-order valence-electron chi connectivity index (χ0n) is 11.6. The van der Waals surface area contributed by atoms with E-state index in [9.17, 15) is 8.42 Å². The zero-order chi connectivity index (χ0) is 15.1. The molecule has 110 valence electrons. The Hall–Kier alpha value is -0.108. The van der Waals surface area contributed by atoms with E-state index in [-0.39, 0.29) is 31.1 Å². The Morgan fingerprint density at radius 1 is 0.952 bits per heavy atom. The Morgan fingerprint density at radius 3 is 1.81 bits per heavy atom. The summed E-state index contributed by atoms with van der Waals surface area (Å²) in [4.78, 5) is 0.339. The number of hydrogen-bond donors (Lipinski definition) is 0. The van der Waals surface area contributed by atoms with Crippen LogP contribution in [0, 0.1) is 44.5 Å². The second kappa shape index (κ2) is 10.6. The van der Waals surface area contributed by atoms with Gasteiger partial charge in [-0.2, -0.15) is 12.0 Å². The molecule has 2 aromatic rings. The summed E-state index contributed by atoms with van der Waals surface area (Å²) in [5, 5.41) is 1.36. The van der Waals surface area contributed by atoms with Gasteiger partial charge in [-0.1, -0.05) is 64.9 Å². The predicted octanol–water partition coefficient (Wildman–Crippen LogP) is 5.23. The summed E-state index contributed by atoms with van der Waals surface area (Å²) in [7, 11) is -2.09. The molecule has 0 N–H and O–H groups in total. The molecule has 0 saturated heterocycles. The molecule has 0 fully saturated rings. The van der Waals surface area contributed by atoms with E-state index in [1.165, 1.54) is 0 Å². The van der Waals surface area contributed by atoms with Crippen LogP contribution in [0.2, 0.25) is 10.0 Å². The van der Waals surface area contributed by atoms with Crippen molar-refractivity contribution in [2.45, 2.75) is 18.7 Å². The summed E-state index contributed by atoms with van der Waals surface area (Å²) in [5.74, 6) is 0. The van der Waals surface area contributed by atoms with Crippen molar-refractivity contribution in [2.75, 3.05) is 0 Å². The van der Waals surface area contributed by atoms with Gasteiger partial charge in [-0.3, -0.25) is 0 Å². The molecule has 0 amide bonds. The van der Waals surface area contributed by atoms with Gasteiger partial charge in [0.15, 0.2) is 0 Å². The Balaban J connectivity index is 0.000000364. The maximum absolute atomic E-state index is 10.3. The molecule has 0 aliphatic carbocycles. The number of benzene rings is 2. The van der Waals surface area contributed by atoms with Crippen LogP contribution in [0.4, 0.5) is 0 Å². The average molecular weight is 567 g/mol. The molecule has 0 unspecified atom stereocenters. The van der Waals surface area contributed by atoms with Crippen molar-refractivity contribution < 1.29 is 39.5 Å². The third-order valence-corrected chi connectivity index (χ3v) is 3.53. The molecule has 0 aliphatic heterocycles. The number of aryl methyl sites for hydroxylation is 1. The van der Waals surface area contributed by atoms with E-state index in [2.05, 4.69) is 0 Å². The third-order valence-electron chi connectivity index (χ3n) is 2.43. The number of hydrogen-bond acceptors (Lipinski definition) is 3. The maximum atomic E-state index is 10.3. The number of rotatable bonds is 2. The van der Waals surface area contributed by atoms with Crippen molar-refractivity contribution in [3.05, 3.63) is 70.1 Å². The summed E-state index contributed by atoms with van der Waals surface area (Å²) in [6, 6.07) is 12.2. The van der Waals surface area contributed by atoms with Crippen LogP contribution in [-0.4, -0.2) is 0 Å². The molecule has 0 atom stereocenters. The Morgan fingerprint density at radius 2 is 1.43 bits per heavy atom. The first-order chi connectivity index (χ1) is 9.42. The SMILES string of the molecule is C[CH-]c1cc(Cl)cc(Cl)c1.Cc1ccc([S-](=O)=O)cc1.[U+2]. The van der Waals surface area contributed by atoms with Gasteiger partial charge >= 0.3 is 31.1 Å². The summed E-state index contributed by atoms with van der Waals surface area (Å²) in [6.07, 6.45) is 1.96. The molecule has 2 aromatic carbocycles. The van der Waals surface area contributed by atoms with Gasteiger partial charge in [-0.15, -0.1) is 12.1 Å². The molecular weight excluding hydrogens is 553 g/mol. The van der Waals surface area contributed by atoms with E-state index in [0.29, 0.717) is 14.9 Å². The van der Waals surface area contributed by atoms with Crippen LogP contribution >= 0.6 is 23.2 Å². The van der Waals surface area contributed by atoms with Crippen LogP contribution in [0.15, 0.2) is 47.4 Å². The third kappa shape index (κ3) is 8.19. The van der Waals surface area contributed by atoms with Gasteiger partial charge in [0, 0.05) is 0 Å². The van der Waals surface area contributed by atoms with Crippen LogP contribution in [0.1, 0.15) is 18.1 Å². The van der Waals surface area contributed by atoms with Crippen LogP contribution in [0.3, 0.4) is 0 Å². The normalized spacial score (nSPS) is 9.38. The van der Waals surface area contributed by atoms with Crippen molar-refractivity contribution in [3.8, 4) is 0 Å². The van der Waals surface area contributed by atoms with E-state index >= 15 is 0 Å². The van der Waals surface area contributed by atoms with E-state index < -0.39 is 10.7 Å². The smallest absolute Gasteiger partial charge is 0.420 e. The van der Waals surface area contributed by atoms with Crippen molar-refractivity contribution in [3.63, 3.8) is 0 Å². The van der Waals surface area contributed by atoms with Gasteiger partial charge in [0.1, 0.15) is 0 Å². The molecule has 2 nitrogen and oxygen atoms in total. The second-order valence-electron chi connectivity index (χ2n) is 4.04. The largest absolute Gasteiger partial charge is 2.00 e. The summed E-state index contributed by atoms with van der Waals surface area (Å²) in [5.41, 5.74) is 2.12. The van der Waals surface area contributed by atoms with Crippen molar-refractivity contribution >= 4 is 33.9 Å². The van der Waals surface area contributed by atoms with Crippen LogP contribution in [0.5, 0.6) is 0 Å². The van der Waals surface area contributed by atoms with Crippen molar-refractivity contribution in [1.82, 2.24) is 0 Å². The molecule has 0 saturated carbocycles. The number of halogens is 2. The molecule has 2 rings (SSSR count). The quantitative estimate of drug-likeness (QED) is 0.368. The fourth-order valence-corrected chi connectivity index (χ4v) is 2.29. The van der Waals surface area contributed by atoms with E-state index in [4.69, 9.17) is 23.2 Å². The Bertz CT molecular complexity index is 612. The fourth-order valence-electron chi connectivity index (χ4n) is 1.39. The second-order valence-corrected chi connectivity index (χ2v) is 5.85. The Kier molecular flexibility index (Phi) is 10.5. The molecule has 0 aromatic heterocycles. The average Bonchev–Trinajstić information content (AvgIpc) is 2.38. The van der Waals surface area contributed by atoms with Crippen molar-refractivity contribution in [2.24, 2.45) is 0 Å². The fraction of sp³-hybridized carbons (Fsp3) is 0.133. The van der Waals surface area contributed by atoms with Crippen LogP contribution < -0.4 is 0 Å². The van der Waals surface area contributed by atoms with Crippen LogP contribution in [0.25, 0.3) is 0 Å². The van der Waals surface area contributed by atoms with Crippen LogP contribution in [-0.2, 0) is 19.1 Å². The topological polar surface area (TPSA) is 34.1 Å². The standard InChI is InChI=1S/C8H7Cl2.C7H7O2S.U/c1-2-6-3-7(9)5-8(10)4-6;1-6-2-4-7(5-3-6)10(8)9;/h2*2-5H,1H3;/q2*-1;+2. The molecule has 0 spiro atoms. The van der Waals surface area contributed by atoms with Gasteiger partial charge in [-0.25, -0.2) is 0 Å². The summed E-state index contributed by atoms with van der Waals surface area (Å²) < 4.78 is 20.6. The molecule has 0 aliphatic rings. The predicted molar refractivity (Wildman–Crippen MR) is 83.7 cm³/mol. The van der Waals surface area contributed by atoms with Gasteiger partial charge in [0.05, 0.1) is 0 Å². The van der Waals surface area contributed by atoms with Crippen molar-refractivity contribution in [1.29, 1.82) is 0 Å². The Labute approximate surface area is 161 Å². The van der Waals surface area contributed by atoms with E-state index in [1.807, 2.05) is 32.4 Å². The minimum absolute atomic E-state index is 0. The van der Waals surface area contributed by atoms with Gasteiger partial charge < -0.3 is 8.42 Å². The molecule has 0 radical (unpaired) electrons. The monoisotopic (exact) mass is 566 g/mol. The van der Waals surface area contributed by atoms with E-state index in [1.54, 1.807) is 30.3 Å². The minimum Gasteiger partial charge on any atom is -0.420 e. The summed E-state index contributed by atoms with van der Waals surface area (Å²) in [6.45, 7) is 3.86. The first kappa shape index (κ1) is 20.9. The molecular formula is C15H14Cl2O2SU. The first-order valence-corrected chi connectivity index (χ1v) is 7.67. The molecule has 0 bridgehead atoms. The van der Waals surface area contributed by atoms with Gasteiger partial charge in [-0.05, 0) is 33.7 Å². The summed E-state index contributed by atoms with van der Waals surface area (Å²) >= 11 is 11.4.